The van der Waals surface area contributed by atoms with Gasteiger partial charge in [-0.25, -0.2) is 8.78 Å². The third-order valence-electron chi connectivity index (χ3n) is 4.15. The number of carbonyl (C=O) groups excluding carboxylic acids is 2. The number of hydrogen-bond acceptors (Lipinski definition) is 4. The second-order valence-electron chi connectivity index (χ2n) is 5.96. The Morgan fingerprint density at radius 3 is 2.87 bits per heavy atom. The van der Waals surface area contributed by atoms with E-state index in [2.05, 4.69) is 10.4 Å². The van der Waals surface area contributed by atoms with Crippen LogP contribution < -0.4 is 5.32 Å². The van der Waals surface area contributed by atoms with Crippen molar-refractivity contribution >= 4 is 11.8 Å². The van der Waals surface area contributed by atoms with Crippen LogP contribution in [-0.4, -0.2) is 58.7 Å². The Kier molecular flexibility index (Phi) is 4.05. The molecule has 1 fully saturated rings. The molecule has 1 aromatic heterocycles. The molecule has 9 heteroatoms. The summed E-state index contributed by atoms with van der Waals surface area (Å²) in [5, 5.41) is 6.73. The van der Waals surface area contributed by atoms with E-state index in [0.717, 1.165) is 5.69 Å². The summed E-state index contributed by atoms with van der Waals surface area (Å²) in [6.07, 6.45) is 0.866. The summed E-state index contributed by atoms with van der Waals surface area (Å²) in [4.78, 5) is 25.9. The summed E-state index contributed by atoms with van der Waals surface area (Å²) in [5.41, 5.74) is 0.722. The molecule has 2 amide bonds. The average Bonchev–Trinajstić information content (AvgIpc) is 2.92. The smallest absolute Gasteiger partial charge is 0.252 e. The van der Waals surface area contributed by atoms with Gasteiger partial charge >= 0.3 is 0 Å². The van der Waals surface area contributed by atoms with Crippen LogP contribution >= 0.6 is 0 Å². The van der Waals surface area contributed by atoms with Crippen LogP contribution in [0.2, 0.25) is 0 Å². The number of carbonyl (C=O) groups is 2. The van der Waals surface area contributed by atoms with E-state index in [4.69, 9.17) is 4.74 Å². The first-order chi connectivity index (χ1) is 10.9. The van der Waals surface area contributed by atoms with E-state index in [-0.39, 0.29) is 31.9 Å². The Bertz CT molecular complexity index is 611. The monoisotopic (exact) mass is 328 g/mol. The largest absolute Gasteiger partial charge is 0.375 e. The molecule has 1 aliphatic heterocycles. The molecule has 0 aromatic carbocycles. The number of nitrogens with zero attached hydrogens (tertiary/aromatic N) is 3. The van der Waals surface area contributed by atoms with Crippen LogP contribution in [0.15, 0.2) is 12.3 Å². The molecule has 3 rings (SSSR count). The highest BCUT2D eigenvalue weighted by atomic mass is 19.3. The van der Waals surface area contributed by atoms with Crippen LogP contribution in [0, 0.1) is 0 Å². The maximum Gasteiger partial charge on any atom is 0.252 e. The van der Waals surface area contributed by atoms with Crippen molar-refractivity contribution in [2.24, 2.45) is 0 Å². The van der Waals surface area contributed by atoms with Gasteiger partial charge < -0.3 is 15.0 Å². The molecule has 126 valence electrons. The topological polar surface area (TPSA) is 76.5 Å². The first-order valence-corrected chi connectivity index (χ1v) is 7.37. The highest BCUT2D eigenvalue weighted by Gasteiger charge is 2.47. The van der Waals surface area contributed by atoms with E-state index in [0.29, 0.717) is 6.54 Å². The number of alkyl halides is 2. The van der Waals surface area contributed by atoms with Crippen molar-refractivity contribution < 1.29 is 23.1 Å². The highest BCUT2D eigenvalue weighted by molar-refractivity contribution is 5.83. The third-order valence-corrected chi connectivity index (χ3v) is 4.15. The van der Waals surface area contributed by atoms with Gasteiger partial charge in [-0.05, 0) is 6.07 Å². The van der Waals surface area contributed by atoms with Crippen LogP contribution in [-0.2, 0) is 20.9 Å². The average molecular weight is 328 g/mol. The zero-order chi connectivity index (χ0) is 16.6. The summed E-state index contributed by atoms with van der Waals surface area (Å²) >= 11 is 0. The molecule has 23 heavy (non-hydrogen) atoms. The molecule has 1 saturated carbocycles. The maximum absolute atomic E-state index is 12.9. The van der Waals surface area contributed by atoms with Crippen molar-refractivity contribution in [3.05, 3.63) is 18.0 Å². The molecule has 7 nitrogen and oxygen atoms in total. The lowest BCUT2D eigenvalue weighted by atomic mass is 9.88. The van der Waals surface area contributed by atoms with Crippen LogP contribution in [0.25, 0.3) is 0 Å². The molecule has 0 unspecified atom stereocenters. The Balaban J connectivity index is 1.70. The Morgan fingerprint density at radius 2 is 2.22 bits per heavy atom. The summed E-state index contributed by atoms with van der Waals surface area (Å²) in [5.74, 6) is -3.32. The molecule has 1 aromatic rings. The zero-order valence-electron chi connectivity index (χ0n) is 12.7. The lowest BCUT2D eigenvalue weighted by molar-refractivity contribution is -0.140. The maximum atomic E-state index is 12.9. The van der Waals surface area contributed by atoms with Crippen molar-refractivity contribution in [1.29, 1.82) is 0 Å². The SMILES string of the molecule is COCC(=O)N1Cc2ccnn2[C@@H](C(=O)NC2CC(F)(F)C2)C1. The minimum Gasteiger partial charge on any atom is -0.375 e. The van der Waals surface area contributed by atoms with Crippen molar-refractivity contribution in [3.8, 4) is 0 Å². The van der Waals surface area contributed by atoms with E-state index in [1.807, 2.05) is 0 Å². The fourth-order valence-electron chi connectivity index (χ4n) is 2.95. The second-order valence-corrected chi connectivity index (χ2v) is 5.96. The fourth-order valence-corrected chi connectivity index (χ4v) is 2.95. The minimum atomic E-state index is -2.69. The number of hydrogen-bond donors (Lipinski definition) is 1. The molecular weight excluding hydrogens is 310 g/mol. The van der Waals surface area contributed by atoms with Crippen LogP contribution in [0.1, 0.15) is 24.6 Å². The number of amides is 2. The Morgan fingerprint density at radius 1 is 1.48 bits per heavy atom. The molecule has 1 aliphatic carbocycles. The highest BCUT2D eigenvalue weighted by Crippen LogP contribution is 2.37. The van der Waals surface area contributed by atoms with Gasteiger partial charge in [0.25, 0.3) is 5.92 Å². The number of ether oxygens (including phenoxy) is 1. The molecule has 0 spiro atoms. The standard InChI is InChI=1S/C14H18F2N4O3/c1-23-8-12(21)19-6-10-2-3-17-20(10)11(7-19)13(22)18-9-4-14(15,16)5-9/h2-3,9,11H,4-8H2,1H3,(H,18,22)/t11-/m1/s1. The van der Waals surface area contributed by atoms with E-state index < -0.39 is 23.9 Å². The quantitative estimate of drug-likeness (QED) is 0.864. The summed E-state index contributed by atoms with van der Waals surface area (Å²) in [7, 11) is 1.42. The second kappa shape index (κ2) is 5.88. The van der Waals surface area contributed by atoms with Gasteiger partial charge in [0.2, 0.25) is 11.8 Å². The third kappa shape index (κ3) is 3.19. The van der Waals surface area contributed by atoms with Crippen molar-refractivity contribution in [2.45, 2.75) is 37.4 Å². The predicted molar refractivity (Wildman–Crippen MR) is 74.7 cm³/mol. The molecule has 1 N–H and O–H groups in total. The fraction of sp³-hybridized carbons (Fsp3) is 0.643. The summed E-state index contributed by atoms with van der Waals surface area (Å²) < 4.78 is 32.2. The first kappa shape index (κ1) is 15.9. The van der Waals surface area contributed by atoms with Crippen molar-refractivity contribution in [3.63, 3.8) is 0 Å². The zero-order valence-corrected chi connectivity index (χ0v) is 12.7. The molecule has 0 saturated heterocycles. The van der Waals surface area contributed by atoms with E-state index >= 15 is 0 Å². The molecule has 0 bridgehead atoms. The number of halogens is 2. The van der Waals surface area contributed by atoms with E-state index in [1.54, 1.807) is 16.9 Å². The minimum absolute atomic E-state index is 0.0721. The number of methoxy groups -OCH3 is 1. The van der Waals surface area contributed by atoms with Gasteiger partial charge in [-0.1, -0.05) is 0 Å². The predicted octanol–water partition coefficient (Wildman–Crippen LogP) is 0.327. The lowest BCUT2D eigenvalue weighted by Gasteiger charge is -2.38. The number of nitrogens with one attached hydrogen (secondary N) is 1. The normalized spacial score (nSPS) is 23.1. The molecule has 2 aliphatic rings. The lowest BCUT2D eigenvalue weighted by Crippen LogP contribution is -2.54. The van der Waals surface area contributed by atoms with Gasteiger partial charge in [0, 0.05) is 32.2 Å². The molecular formula is C14H18F2N4O3. The van der Waals surface area contributed by atoms with E-state index in [1.165, 1.54) is 12.0 Å². The first-order valence-electron chi connectivity index (χ1n) is 7.37. The van der Waals surface area contributed by atoms with Crippen LogP contribution in [0.5, 0.6) is 0 Å². The molecule has 0 radical (unpaired) electrons. The van der Waals surface area contributed by atoms with E-state index in [9.17, 15) is 18.4 Å². The number of rotatable bonds is 4. The molecule has 2 heterocycles. The number of fused-ring (bicyclic) bond motifs is 1. The van der Waals surface area contributed by atoms with Gasteiger partial charge in [0.1, 0.15) is 12.6 Å². The van der Waals surface area contributed by atoms with Crippen LogP contribution in [0.3, 0.4) is 0 Å². The Hall–Kier alpha value is -2.03. The van der Waals surface area contributed by atoms with Crippen molar-refractivity contribution in [1.82, 2.24) is 20.0 Å². The van der Waals surface area contributed by atoms with Gasteiger partial charge in [0.05, 0.1) is 18.8 Å². The van der Waals surface area contributed by atoms with Gasteiger partial charge in [-0.3, -0.25) is 14.3 Å². The van der Waals surface area contributed by atoms with Crippen molar-refractivity contribution in [2.75, 3.05) is 20.3 Å². The van der Waals surface area contributed by atoms with Crippen LogP contribution in [0.4, 0.5) is 8.78 Å². The van der Waals surface area contributed by atoms with Gasteiger partial charge in [-0.15, -0.1) is 0 Å². The van der Waals surface area contributed by atoms with Gasteiger partial charge in [0.15, 0.2) is 0 Å². The summed E-state index contributed by atoms with van der Waals surface area (Å²) in [6, 6.07) is 0.481. The van der Waals surface area contributed by atoms with Gasteiger partial charge in [-0.2, -0.15) is 5.10 Å². The number of aromatic nitrogens is 2. The summed E-state index contributed by atoms with van der Waals surface area (Å²) in [6.45, 7) is 0.413. The molecule has 1 atom stereocenters. The Labute approximate surface area is 131 Å².